The van der Waals surface area contributed by atoms with Crippen LogP contribution in [0.25, 0.3) is 0 Å². The molecule has 0 amide bonds. The molecule has 26 nitrogen and oxygen atoms in total. The van der Waals surface area contributed by atoms with Gasteiger partial charge in [-0.1, -0.05) is 0 Å². The number of methoxy groups -OCH3 is 1. The van der Waals surface area contributed by atoms with Gasteiger partial charge in [-0.15, -0.1) is 0 Å². The Morgan fingerprint density at radius 2 is 0.544 bits per heavy atom. The van der Waals surface area contributed by atoms with Crippen LogP contribution in [-0.4, -0.2) is 275 Å². The summed E-state index contributed by atoms with van der Waals surface area (Å²) in [5.74, 6) is 0. The van der Waals surface area contributed by atoms with E-state index in [9.17, 15) is 81.7 Å². The molecule has 5 heterocycles. The molecule has 26 heteroatoms. The van der Waals surface area contributed by atoms with E-state index in [0.717, 1.165) is 7.11 Å². The van der Waals surface area contributed by atoms with Gasteiger partial charge in [0.05, 0.1) is 33.0 Å². The summed E-state index contributed by atoms with van der Waals surface area (Å²) in [6.07, 6.45) is -46.9. The molecule has 0 aromatic heterocycles. The molecule has 0 aromatic rings. The Hall–Kier alpha value is -1.04. The zero-order valence-electron chi connectivity index (χ0n) is 30.2. The van der Waals surface area contributed by atoms with E-state index in [-0.39, 0.29) is 0 Å². The second-order valence-electron chi connectivity index (χ2n) is 14.2. The van der Waals surface area contributed by atoms with E-state index in [4.69, 9.17) is 47.4 Å². The van der Waals surface area contributed by atoms with Crippen LogP contribution in [0, 0.1) is 0 Å². The van der Waals surface area contributed by atoms with E-state index in [1.807, 2.05) is 0 Å². The largest absolute Gasteiger partial charge is 0.394 e. The fourth-order valence-electron chi connectivity index (χ4n) is 7.14. The van der Waals surface area contributed by atoms with E-state index in [1.54, 1.807) is 0 Å². The van der Waals surface area contributed by atoms with Crippen LogP contribution in [0.4, 0.5) is 0 Å². The zero-order valence-corrected chi connectivity index (χ0v) is 30.2. The second-order valence-corrected chi connectivity index (χ2v) is 14.2. The summed E-state index contributed by atoms with van der Waals surface area (Å²) in [5.41, 5.74) is 0. The summed E-state index contributed by atoms with van der Waals surface area (Å²) in [4.78, 5) is 0. The molecule has 57 heavy (non-hydrogen) atoms. The van der Waals surface area contributed by atoms with Crippen LogP contribution >= 0.6 is 0 Å². The molecule has 5 saturated heterocycles. The summed E-state index contributed by atoms with van der Waals surface area (Å²) in [7, 11) is 1.10. The predicted octanol–water partition coefficient (Wildman–Crippen LogP) is -11.3. The molecule has 0 unspecified atom stereocenters. The highest BCUT2D eigenvalue weighted by molar-refractivity contribution is 4.99. The molecule has 5 aliphatic heterocycles. The van der Waals surface area contributed by atoms with Crippen LogP contribution in [0.1, 0.15) is 0 Å². The van der Waals surface area contributed by atoms with Crippen molar-refractivity contribution in [3.05, 3.63) is 0 Å². The Bertz CT molecular complexity index is 1220. The van der Waals surface area contributed by atoms with Crippen molar-refractivity contribution in [3.63, 3.8) is 0 Å². The molecule has 0 saturated carbocycles. The standard InChI is InChI=1S/C31H54O26/c1-48-30-25(56-28-21(46)18(43)13(38)8(3-33)50-28)23(15(40)10(5-35)52-30)55-31-26(57-29-22(47)19(44)14(39)9(4-34)51-29)24(16(41)11(6-36)53-31)54-27-20(45)17(42)12(37)7(2-32)49-27/h7-47H,2-6H2,1H3/t7-,8-,9-,10-,11-,12-,13-,14-,15-,16-,17+,18+,19+,20-,21-,22-,23+,24+,25-,26-,27+,28+,29+,30+,31+/m1/s1. The topological polar surface area (TPSA) is 416 Å². The van der Waals surface area contributed by atoms with Crippen LogP contribution in [-0.2, 0) is 47.4 Å². The Kier molecular flexibility index (Phi) is 16.7. The van der Waals surface area contributed by atoms with E-state index >= 15 is 0 Å². The number of ether oxygens (including phenoxy) is 10. The quantitative estimate of drug-likeness (QED) is 0.0772. The molecule has 25 atom stereocenters. The van der Waals surface area contributed by atoms with Crippen molar-refractivity contribution in [3.8, 4) is 0 Å². The summed E-state index contributed by atoms with van der Waals surface area (Å²) >= 11 is 0. The first-order valence-corrected chi connectivity index (χ1v) is 18.0. The van der Waals surface area contributed by atoms with Gasteiger partial charge in [-0.3, -0.25) is 0 Å². The Morgan fingerprint density at radius 1 is 0.298 bits per heavy atom. The van der Waals surface area contributed by atoms with Crippen LogP contribution in [0.3, 0.4) is 0 Å². The van der Waals surface area contributed by atoms with Gasteiger partial charge in [-0.2, -0.15) is 0 Å². The molecule has 0 aliphatic carbocycles. The van der Waals surface area contributed by atoms with E-state index in [2.05, 4.69) is 0 Å². The van der Waals surface area contributed by atoms with Gasteiger partial charge < -0.3 is 129 Å². The molecule has 0 bridgehead atoms. The van der Waals surface area contributed by atoms with Crippen LogP contribution in [0.15, 0.2) is 0 Å². The molecule has 5 aliphatic rings. The highest BCUT2D eigenvalue weighted by Crippen LogP contribution is 2.37. The Morgan fingerprint density at radius 3 is 0.860 bits per heavy atom. The van der Waals surface area contributed by atoms with Crippen LogP contribution in [0.5, 0.6) is 0 Å². The lowest BCUT2D eigenvalue weighted by Crippen LogP contribution is -2.69. The Labute approximate surface area is 323 Å². The molecule has 0 radical (unpaired) electrons. The van der Waals surface area contributed by atoms with E-state index in [1.165, 1.54) is 0 Å². The van der Waals surface area contributed by atoms with Crippen molar-refractivity contribution in [1.82, 2.24) is 0 Å². The minimum absolute atomic E-state index is 0.859. The van der Waals surface area contributed by atoms with Gasteiger partial charge >= 0.3 is 0 Å². The molecule has 16 N–H and O–H groups in total. The molecule has 0 spiro atoms. The van der Waals surface area contributed by atoms with Gasteiger partial charge in [-0.05, 0) is 0 Å². The van der Waals surface area contributed by atoms with E-state index in [0.29, 0.717) is 0 Å². The molecule has 0 aromatic carbocycles. The first kappa shape index (κ1) is 47.0. The van der Waals surface area contributed by atoms with Crippen molar-refractivity contribution in [1.29, 1.82) is 0 Å². The van der Waals surface area contributed by atoms with Crippen molar-refractivity contribution in [2.45, 2.75) is 154 Å². The van der Waals surface area contributed by atoms with Crippen LogP contribution < -0.4 is 0 Å². The lowest BCUT2D eigenvalue weighted by Gasteiger charge is -2.51. The third-order valence-corrected chi connectivity index (χ3v) is 10.5. The number of hydrogen-bond donors (Lipinski definition) is 16. The third kappa shape index (κ3) is 9.56. The van der Waals surface area contributed by atoms with Crippen molar-refractivity contribution in [2.75, 3.05) is 40.1 Å². The first-order valence-electron chi connectivity index (χ1n) is 18.0. The maximum atomic E-state index is 11.5. The second kappa shape index (κ2) is 20.2. The Balaban J connectivity index is 1.54. The fraction of sp³-hybridized carbons (Fsp3) is 1.00. The molecule has 5 rings (SSSR count). The molecule has 334 valence electrons. The number of rotatable bonds is 14. The average Bonchev–Trinajstić information content (AvgIpc) is 3.21. The lowest BCUT2D eigenvalue weighted by molar-refractivity contribution is -0.414. The van der Waals surface area contributed by atoms with Crippen molar-refractivity contribution in [2.24, 2.45) is 0 Å². The minimum atomic E-state index is -2.11. The van der Waals surface area contributed by atoms with Gasteiger partial charge in [0.1, 0.15) is 122 Å². The third-order valence-electron chi connectivity index (χ3n) is 10.5. The zero-order chi connectivity index (χ0) is 42.0. The highest BCUT2D eigenvalue weighted by Gasteiger charge is 2.58. The predicted molar refractivity (Wildman–Crippen MR) is 171 cm³/mol. The number of aliphatic hydroxyl groups is 16. The maximum absolute atomic E-state index is 11.5. The van der Waals surface area contributed by atoms with Crippen LogP contribution in [0.2, 0.25) is 0 Å². The summed E-state index contributed by atoms with van der Waals surface area (Å²) in [6.45, 7) is -4.57. The number of aliphatic hydroxyl groups excluding tert-OH is 16. The molecular formula is C31H54O26. The summed E-state index contributed by atoms with van der Waals surface area (Å²) in [6, 6.07) is 0. The monoisotopic (exact) mass is 842 g/mol. The van der Waals surface area contributed by atoms with Gasteiger partial charge in [0.25, 0.3) is 0 Å². The maximum Gasteiger partial charge on any atom is 0.187 e. The highest BCUT2D eigenvalue weighted by atomic mass is 16.8. The van der Waals surface area contributed by atoms with Crippen molar-refractivity contribution >= 4 is 0 Å². The van der Waals surface area contributed by atoms with Gasteiger partial charge in [-0.25, -0.2) is 0 Å². The summed E-state index contributed by atoms with van der Waals surface area (Å²) < 4.78 is 57.0. The fourth-order valence-corrected chi connectivity index (χ4v) is 7.14. The average molecular weight is 843 g/mol. The molecule has 5 fully saturated rings. The van der Waals surface area contributed by atoms with E-state index < -0.39 is 187 Å². The normalized spacial score (nSPS) is 52.5. The van der Waals surface area contributed by atoms with Crippen molar-refractivity contribution < 1.29 is 129 Å². The minimum Gasteiger partial charge on any atom is -0.394 e. The van der Waals surface area contributed by atoms with Gasteiger partial charge in [0, 0.05) is 7.11 Å². The van der Waals surface area contributed by atoms with Gasteiger partial charge in [0.2, 0.25) is 0 Å². The number of hydrogen-bond acceptors (Lipinski definition) is 26. The van der Waals surface area contributed by atoms with Gasteiger partial charge in [0.15, 0.2) is 31.5 Å². The smallest absolute Gasteiger partial charge is 0.187 e. The lowest BCUT2D eigenvalue weighted by atomic mass is 9.95. The SMILES string of the molecule is CO[C@H]1O[C@H](CO)[C@@H](O)[C@H](O[C@@H]2O[C@H](CO)[C@@H](O)[C@H](O[C@@H]3O[C@H](CO)[C@@H](O)[C@H](O)[C@H]3O)[C@H]2O[C@@H]2O[C@H](CO)[C@@H](O)[C@H](O)[C@H]2O)[C@H]1O[C@@H]1O[C@H](CO)[C@@H](O)[C@H](O)[C@H]1O. The molecular weight excluding hydrogens is 788 g/mol. The first-order chi connectivity index (χ1) is 27.1. The summed E-state index contributed by atoms with van der Waals surface area (Å²) in [5, 5.41) is 167.